The van der Waals surface area contributed by atoms with Gasteiger partial charge in [-0.1, -0.05) is 29.3 Å². The van der Waals surface area contributed by atoms with Crippen LogP contribution in [0.5, 0.6) is 5.75 Å². The van der Waals surface area contributed by atoms with E-state index in [4.69, 9.17) is 39.4 Å². The van der Waals surface area contributed by atoms with Crippen LogP contribution in [0.1, 0.15) is 31.2 Å². The number of anilines is 1. The Labute approximate surface area is 238 Å². The minimum absolute atomic E-state index is 0. The van der Waals surface area contributed by atoms with Crippen molar-refractivity contribution in [2.75, 3.05) is 25.4 Å². The first-order chi connectivity index (χ1) is 16.4. The van der Waals surface area contributed by atoms with E-state index >= 15 is 0 Å². The van der Waals surface area contributed by atoms with Crippen LogP contribution in [0.15, 0.2) is 41.8 Å². The normalized spacial score (nSPS) is 15.1. The Morgan fingerprint density at radius 2 is 1.86 bits per heavy atom. The molecule has 1 aliphatic rings. The Morgan fingerprint density at radius 1 is 1.11 bits per heavy atom. The number of ether oxygens (including phenoxy) is 1. The largest absolute Gasteiger partial charge is 0.490 e. The molecule has 2 heterocycles. The smallest absolute Gasteiger partial charge is 0.180 e. The number of nitrogens with two attached hydrogens (primary N) is 2. The van der Waals surface area contributed by atoms with Crippen LogP contribution in [0.4, 0.5) is 9.52 Å². The van der Waals surface area contributed by atoms with Crippen LogP contribution >= 0.6 is 59.4 Å². The number of piperidine rings is 1. The van der Waals surface area contributed by atoms with Gasteiger partial charge < -0.3 is 16.2 Å². The summed E-state index contributed by atoms with van der Waals surface area (Å²) in [5, 5.41) is 3.33. The first kappa shape index (κ1) is 30.9. The predicted molar refractivity (Wildman–Crippen MR) is 154 cm³/mol. The lowest BCUT2D eigenvalue weighted by atomic mass is 9.88. The Bertz CT molecular complexity index is 1110. The molecule has 11 heteroatoms. The zero-order chi connectivity index (χ0) is 24.1. The van der Waals surface area contributed by atoms with Gasteiger partial charge in [0, 0.05) is 23.6 Å². The van der Waals surface area contributed by atoms with Gasteiger partial charge >= 0.3 is 0 Å². The number of hydrogen-bond acceptors (Lipinski definition) is 6. The molecule has 0 bridgehead atoms. The van der Waals surface area contributed by atoms with E-state index in [2.05, 4.69) is 9.88 Å². The number of rotatable bonds is 9. The summed E-state index contributed by atoms with van der Waals surface area (Å²) in [6.07, 6.45) is 3.73. The van der Waals surface area contributed by atoms with Crippen LogP contribution in [-0.2, 0) is 6.54 Å². The number of likely N-dealkylation sites (tertiary alicyclic amines) is 1. The molecule has 0 aliphatic carbocycles. The highest BCUT2D eigenvalue weighted by atomic mass is 35.5. The Hall–Kier alpha value is -1.32. The quantitative estimate of drug-likeness (QED) is 0.276. The van der Waals surface area contributed by atoms with Crippen LogP contribution in [0.3, 0.4) is 0 Å². The van der Waals surface area contributed by atoms with Gasteiger partial charge in [0.05, 0.1) is 15.7 Å². The third-order valence-electron chi connectivity index (χ3n) is 6.27. The lowest BCUT2D eigenvalue weighted by Gasteiger charge is -2.36. The molecule has 198 valence electrons. The molecule has 4 N–H and O–H groups in total. The Balaban J connectivity index is 0.00000228. The third-order valence-corrected chi connectivity index (χ3v) is 7.68. The van der Waals surface area contributed by atoms with E-state index in [9.17, 15) is 4.39 Å². The van der Waals surface area contributed by atoms with E-state index in [1.54, 1.807) is 11.4 Å². The second-order valence-corrected chi connectivity index (χ2v) is 10.4. The lowest BCUT2D eigenvalue weighted by molar-refractivity contribution is 0.0677. The third kappa shape index (κ3) is 8.09. The summed E-state index contributed by atoms with van der Waals surface area (Å²) < 4.78 is 21.1. The fourth-order valence-electron chi connectivity index (χ4n) is 4.45. The average molecular weight is 596 g/mol. The molecular formula is C25H31Cl4FN4OS. The molecule has 0 spiro atoms. The highest BCUT2D eigenvalue weighted by Gasteiger charge is 2.28. The molecule has 2 aromatic carbocycles. The van der Waals surface area contributed by atoms with E-state index in [1.165, 1.54) is 17.4 Å². The van der Waals surface area contributed by atoms with Crippen molar-refractivity contribution in [2.45, 2.75) is 38.3 Å². The van der Waals surface area contributed by atoms with Gasteiger partial charge in [-0.25, -0.2) is 9.37 Å². The van der Waals surface area contributed by atoms with Gasteiger partial charge in [-0.2, -0.15) is 0 Å². The number of thiazole rings is 1. The highest BCUT2D eigenvalue weighted by Crippen LogP contribution is 2.32. The van der Waals surface area contributed by atoms with E-state index in [-0.39, 0.29) is 36.7 Å². The van der Waals surface area contributed by atoms with E-state index in [0.29, 0.717) is 44.6 Å². The Morgan fingerprint density at radius 3 is 2.47 bits per heavy atom. The summed E-state index contributed by atoms with van der Waals surface area (Å²) in [4.78, 5) is 6.60. The molecule has 5 nitrogen and oxygen atoms in total. The van der Waals surface area contributed by atoms with Crippen LogP contribution in [-0.4, -0.2) is 35.6 Å². The molecule has 1 saturated heterocycles. The van der Waals surface area contributed by atoms with Crippen molar-refractivity contribution in [3.05, 3.63) is 63.2 Å². The summed E-state index contributed by atoms with van der Waals surface area (Å²) in [6.45, 7) is 3.37. The first-order valence-electron chi connectivity index (χ1n) is 11.5. The number of hydrogen-bond donors (Lipinski definition) is 2. The SMILES string of the molecule is Cl.Cl.NCCCC(Oc1ccc(-c2csc(N)n2)c(F)c1)C1CCN(Cc2ccc(Cl)c(Cl)c2)CC1. The fraction of sp³-hybridized carbons (Fsp3) is 0.400. The van der Waals surface area contributed by atoms with E-state index in [0.717, 1.165) is 50.9 Å². The van der Waals surface area contributed by atoms with Gasteiger partial charge in [0.1, 0.15) is 17.7 Å². The maximum absolute atomic E-state index is 14.8. The van der Waals surface area contributed by atoms with Gasteiger partial charge in [0.2, 0.25) is 0 Å². The predicted octanol–water partition coefficient (Wildman–Crippen LogP) is 7.08. The maximum atomic E-state index is 14.8. The molecule has 1 atom stereocenters. The van der Waals surface area contributed by atoms with Crippen molar-refractivity contribution < 1.29 is 9.13 Å². The van der Waals surface area contributed by atoms with E-state index in [1.807, 2.05) is 24.3 Å². The summed E-state index contributed by atoms with van der Waals surface area (Å²) >= 11 is 13.5. The van der Waals surface area contributed by atoms with Crippen molar-refractivity contribution >= 4 is 64.5 Å². The average Bonchev–Trinajstić information content (AvgIpc) is 3.25. The first-order valence-corrected chi connectivity index (χ1v) is 13.1. The van der Waals surface area contributed by atoms with Crippen LogP contribution in [0.25, 0.3) is 11.3 Å². The van der Waals surface area contributed by atoms with Crippen molar-refractivity contribution in [2.24, 2.45) is 11.7 Å². The zero-order valence-corrected chi connectivity index (χ0v) is 23.6. The van der Waals surface area contributed by atoms with Crippen molar-refractivity contribution in [1.82, 2.24) is 9.88 Å². The fourth-order valence-corrected chi connectivity index (χ4v) is 5.34. The van der Waals surface area contributed by atoms with Crippen LogP contribution in [0.2, 0.25) is 10.0 Å². The molecule has 0 radical (unpaired) electrons. The Kier molecular flexibility index (Phi) is 12.5. The van der Waals surface area contributed by atoms with Gasteiger partial charge in [-0.15, -0.1) is 36.2 Å². The van der Waals surface area contributed by atoms with Crippen LogP contribution in [0, 0.1) is 11.7 Å². The molecule has 3 aromatic rings. The van der Waals surface area contributed by atoms with Crippen molar-refractivity contribution in [3.8, 4) is 17.0 Å². The molecule has 1 aromatic heterocycles. The van der Waals surface area contributed by atoms with Crippen molar-refractivity contribution in [3.63, 3.8) is 0 Å². The van der Waals surface area contributed by atoms with Gasteiger partial charge in [0.15, 0.2) is 5.13 Å². The van der Waals surface area contributed by atoms with Gasteiger partial charge in [0.25, 0.3) is 0 Å². The van der Waals surface area contributed by atoms with Crippen LogP contribution < -0.4 is 16.2 Å². The monoisotopic (exact) mass is 594 g/mol. The van der Waals surface area contributed by atoms with Gasteiger partial charge in [-0.3, -0.25) is 4.90 Å². The van der Waals surface area contributed by atoms with Crippen molar-refractivity contribution in [1.29, 1.82) is 0 Å². The summed E-state index contributed by atoms with van der Waals surface area (Å²) in [5.41, 5.74) is 13.6. The molecule has 4 rings (SSSR count). The second kappa shape index (κ2) is 14.6. The van der Waals surface area contributed by atoms with E-state index < -0.39 is 0 Å². The second-order valence-electron chi connectivity index (χ2n) is 8.66. The minimum atomic E-state index is -0.364. The minimum Gasteiger partial charge on any atom is -0.490 e. The molecule has 1 fully saturated rings. The number of halogens is 5. The topological polar surface area (TPSA) is 77.4 Å². The zero-order valence-electron chi connectivity index (χ0n) is 19.7. The molecule has 36 heavy (non-hydrogen) atoms. The molecule has 1 unspecified atom stereocenters. The molecule has 1 aliphatic heterocycles. The summed E-state index contributed by atoms with van der Waals surface area (Å²) in [6, 6.07) is 10.8. The summed E-state index contributed by atoms with van der Waals surface area (Å²) in [5.74, 6) is 0.555. The highest BCUT2D eigenvalue weighted by molar-refractivity contribution is 7.13. The molecule has 0 saturated carbocycles. The number of nitrogen functional groups attached to an aromatic ring is 1. The number of benzene rings is 2. The molecular weight excluding hydrogens is 565 g/mol. The van der Waals surface area contributed by atoms with Gasteiger partial charge in [-0.05, 0) is 81.1 Å². The lowest BCUT2D eigenvalue weighted by Crippen LogP contribution is -2.39. The number of aromatic nitrogens is 1. The molecule has 0 amide bonds. The maximum Gasteiger partial charge on any atom is 0.180 e. The summed E-state index contributed by atoms with van der Waals surface area (Å²) in [7, 11) is 0. The number of nitrogens with zero attached hydrogens (tertiary/aromatic N) is 2. The standard InChI is InChI=1S/C25H29Cl2FN4OS.2ClH/c26-20-6-3-16(12-21(20)27)14-32-10-7-17(8-11-32)24(2-1-9-29)33-18-4-5-19(22(28)13-18)23-15-34-25(30)31-23;;/h3-6,12-13,15,17,24H,1-2,7-11,14,29H2,(H2,30,31);2*1H.